The molecule has 3 rings (SSSR count). The van der Waals surface area contributed by atoms with Crippen LogP contribution in [0.4, 0.5) is 5.82 Å². The van der Waals surface area contributed by atoms with E-state index in [-0.39, 0.29) is 5.54 Å². The average Bonchev–Trinajstić information content (AvgIpc) is 3.05. The topological polar surface area (TPSA) is 55.3 Å². The van der Waals surface area contributed by atoms with Gasteiger partial charge in [0.15, 0.2) is 0 Å². The summed E-state index contributed by atoms with van der Waals surface area (Å²) in [6.45, 7) is 10.1. The molecule has 0 aliphatic rings. The van der Waals surface area contributed by atoms with Gasteiger partial charge in [0.05, 0.1) is 10.9 Å². The number of aromatic nitrogens is 1. The molecule has 4 nitrogen and oxygen atoms in total. The second-order valence-electron chi connectivity index (χ2n) is 8.96. The molecule has 4 heteroatoms. The Bertz CT molecular complexity index is 936. The lowest BCUT2D eigenvalue weighted by atomic mass is 10.0. The molecule has 0 saturated carbocycles. The number of furan rings is 1. The van der Waals surface area contributed by atoms with Gasteiger partial charge in [-0.2, -0.15) is 0 Å². The zero-order valence-electron chi connectivity index (χ0n) is 18.1. The molecule has 0 bridgehead atoms. The van der Waals surface area contributed by atoms with Crippen LogP contribution >= 0.6 is 0 Å². The van der Waals surface area contributed by atoms with Gasteiger partial charge in [-0.05, 0) is 83.8 Å². The van der Waals surface area contributed by atoms with Crippen LogP contribution in [0, 0.1) is 0 Å². The van der Waals surface area contributed by atoms with Crippen molar-refractivity contribution in [3.05, 3.63) is 35.6 Å². The summed E-state index contributed by atoms with van der Waals surface area (Å²) in [4.78, 5) is 7.07. The van der Waals surface area contributed by atoms with Crippen LogP contribution in [0.15, 0.2) is 28.7 Å². The molecule has 3 aromatic rings. The highest BCUT2D eigenvalue weighted by Gasteiger charge is 2.16. The third kappa shape index (κ3) is 4.67. The Morgan fingerprint density at radius 2 is 1.82 bits per heavy atom. The minimum atomic E-state index is 0.248. The molecule has 152 valence electrons. The third-order valence-electron chi connectivity index (χ3n) is 5.71. The van der Waals surface area contributed by atoms with E-state index in [0.29, 0.717) is 5.82 Å². The first-order valence-corrected chi connectivity index (χ1v) is 10.6. The van der Waals surface area contributed by atoms with E-state index in [2.05, 4.69) is 62.8 Å². The van der Waals surface area contributed by atoms with Gasteiger partial charge in [0, 0.05) is 17.3 Å². The number of rotatable bonds is 8. The van der Waals surface area contributed by atoms with Gasteiger partial charge in [-0.25, -0.2) is 4.98 Å². The van der Waals surface area contributed by atoms with Gasteiger partial charge < -0.3 is 15.1 Å². The van der Waals surface area contributed by atoms with E-state index in [1.165, 1.54) is 24.8 Å². The lowest BCUT2D eigenvalue weighted by molar-refractivity contribution is 0.172. The van der Waals surface area contributed by atoms with Crippen molar-refractivity contribution in [2.45, 2.75) is 71.8 Å². The third-order valence-corrected chi connectivity index (χ3v) is 5.71. The molecule has 0 unspecified atom stereocenters. The molecule has 2 aromatic heterocycles. The summed E-state index contributed by atoms with van der Waals surface area (Å²) in [5, 5.41) is 1.99. The zero-order valence-corrected chi connectivity index (χ0v) is 18.1. The summed E-state index contributed by atoms with van der Waals surface area (Å²) in [5.74, 6) is 1.55. The summed E-state index contributed by atoms with van der Waals surface area (Å²) in [6.07, 6.45) is 6.74. The summed E-state index contributed by atoms with van der Waals surface area (Å²) in [7, 11) is 2.21. The summed E-state index contributed by atoms with van der Waals surface area (Å²) in [6, 6.07) is 8.58. The molecule has 0 aliphatic carbocycles. The van der Waals surface area contributed by atoms with Crippen molar-refractivity contribution in [1.29, 1.82) is 0 Å². The molecule has 0 saturated heterocycles. The largest absolute Gasteiger partial charge is 0.460 e. The Kier molecular flexibility index (Phi) is 6.29. The highest BCUT2D eigenvalue weighted by atomic mass is 16.3. The van der Waals surface area contributed by atoms with Gasteiger partial charge in [-0.3, -0.25) is 0 Å². The first-order valence-electron chi connectivity index (χ1n) is 10.6. The van der Waals surface area contributed by atoms with E-state index in [4.69, 9.17) is 10.2 Å². The molecule has 0 fully saturated rings. The number of nitrogens with two attached hydrogens (primary N) is 1. The van der Waals surface area contributed by atoms with E-state index in [0.717, 1.165) is 53.4 Å². The predicted molar refractivity (Wildman–Crippen MR) is 120 cm³/mol. The van der Waals surface area contributed by atoms with Crippen molar-refractivity contribution in [2.24, 2.45) is 0 Å². The van der Waals surface area contributed by atoms with Crippen molar-refractivity contribution in [3.63, 3.8) is 0 Å². The molecule has 0 aliphatic heterocycles. The first kappa shape index (κ1) is 20.7. The van der Waals surface area contributed by atoms with Crippen LogP contribution in [0.1, 0.15) is 64.7 Å². The number of nitrogen functional groups attached to an aromatic ring is 1. The van der Waals surface area contributed by atoms with Crippen LogP contribution in [-0.4, -0.2) is 29.0 Å². The molecular formula is C24H35N3O. The molecule has 1 aromatic carbocycles. The van der Waals surface area contributed by atoms with E-state index in [1.54, 1.807) is 0 Å². The second kappa shape index (κ2) is 8.52. The van der Waals surface area contributed by atoms with E-state index < -0.39 is 0 Å². The SMILES string of the molecule is CCCc1cc2c(N)nc3cc(CCCCCN(C)C(C)(C)C)ccc3c2o1. The number of pyridine rings is 1. The fourth-order valence-electron chi connectivity index (χ4n) is 3.60. The average molecular weight is 382 g/mol. The molecule has 0 amide bonds. The van der Waals surface area contributed by atoms with Crippen LogP contribution in [0.3, 0.4) is 0 Å². The number of fused-ring (bicyclic) bond motifs is 3. The number of anilines is 1. The quantitative estimate of drug-likeness (QED) is 0.489. The van der Waals surface area contributed by atoms with Gasteiger partial charge >= 0.3 is 0 Å². The summed E-state index contributed by atoms with van der Waals surface area (Å²) >= 11 is 0. The molecule has 28 heavy (non-hydrogen) atoms. The lowest BCUT2D eigenvalue weighted by Gasteiger charge is -2.31. The Morgan fingerprint density at radius 3 is 2.54 bits per heavy atom. The van der Waals surface area contributed by atoms with E-state index >= 15 is 0 Å². The van der Waals surface area contributed by atoms with Gasteiger partial charge in [-0.15, -0.1) is 0 Å². The molecule has 0 atom stereocenters. The van der Waals surface area contributed by atoms with Crippen LogP contribution in [0.5, 0.6) is 0 Å². The number of nitrogens with zero attached hydrogens (tertiary/aromatic N) is 2. The van der Waals surface area contributed by atoms with Crippen molar-refractivity contribution >= 4 is 27.7 Å². The highest BCUT2D eigenvalue weighted by molar-refractivity contribution is 6.06. The zero-order chi connectivity index (χ0) is 20.3. The first-order chi connectivity index (χ1) is 13.3. The molecule has 0 radical (unpaired) electrons. The van der Waals surface area contributed by atoms with Crippen LogP contribution in [0.25, 0.3) is 21.9 Å². The van der Waals surface area contributed by atoms with E-state index in [1.807, 2.05) is 6.07 Å². The second-order valence-corrected chi connectivity index (χ2v) is 8.96. The summed E-state index contributed by atoms with van der Waals surface area (Å²) < 4.78 is 6.08. The lowest BCUT2D eigenvalue weighted by Crippen LogP contribution is -2.38. The summed E-state index contributed by atoms with van der Waals surface area (Å²) in [5.41, 5.74) is 9.59. The number of hydrogen-bond donors (Lipinski definition) is 1. The minimum Gasteiger partial charge on any atom is -0.460 e. The molecule has 2 N–H and O–H groups in total. The maximum atomic E-state index is 6.21. The number of unbranched alkanes of at least 4 members (excludes halogenated alkanes) is 2. The van der Waals surface area contributed by atoms with Crippen LogP contribution in [-0.2, 0) is 12.8 Å². The highest BCUT2D eigenvalue weighted by Crippen LogP contribution is 2.31. The van der Waals surface area contributed by atoms with Crippen molar-refractivity contribution < 1.29 is 4.42 Å². The number of benzene rings is 1. The van der Waals surface area contributed by atoms with Gasteiger partial charge in [0.25, 0.3) is 0 Å². The molecule has 0 spiro atoms. The standard InChI is InChI=1S/C24H35N3O/c1-6-10-18-16-20-22(28-18)19-13-12-17(15-21(19)26-23(20)25)11-8-7-9-14-27(5)24(2,3)4/h12-13,15-16H,6-11,14H2,1-5H3,(H2,25,26). The van der Waals surface area contributed by atoms with Crippen molar-refractivity contribution in [3.8, 4) is 0 Å². The minimum absolute atomic E-state index is 0.248. The van der Waals surface area contributed by atoms with Crippen molar-refractivity contribution in [1.82, 2.24) is 9.88 Å². The monoisotopic (exact) mass is 381 g/mol. The fourth-order valence-corrected chi connectivity index (χ4v) is 3.60. The predicted octanol–water partition coefficient (Wildman–Crippen LogP) is 5.96. The Labute approximate surface area is 169 Å². The van der Waals surface area contributed by atoms with Crippen molar-refractivity contribution in [2.75, 3.05) is 19.3 Å². The van der Waals surface area contributed by atoms with Gasteiger partial charge in [0.2, 0.25) is 0 Å². The van der Waals surface area contributed by atoms with Gasteiger partial charge in [-0.1, -0.05) is 19.4 Å². The van der Waals surface area contributed by atoms with Gasteiger partial charge in [0.1, 0.15) is 17.2 Å². The number of hydrogen-bond acceptors (Lipinski definition) is 4. The fraction of sp³-hybridized carbons (Fsp3) is 0.542. The Morgan fingerprint density at radius 1 is 1.04 bits per heavy atom. The Balaban J connectivity index is 1.66. The normalized spacial score (nSPS) is 12.5. The van der Waals surface area contributed by atoms with Crippen LogP contribution in [0.2, 0.25) is 0 Å². The maximum Gasteiger partial charge on any atom is 0.147 e. The number of aryl methyl sites for hydroxylation is 2. The smallest absolute Gasteiger partial charge is 0.147 e. The molecule has 2 heterocycles. The van der Waals surface area contributed by atoms with Crippen LogP contribution < -0.4 is 5.73 Å². The maximum absolute atomic E-state index is 6.21. The Hall–Kier alpha value is -2.07. The van der Waals surface area contributed by atoms with E-state index in [9.17, 15) is 0 Å². The molecular weight excluding hydrogens is 346 g/mol.